The Balaban J connectivity index is 2.36. The number of aliphatic carboxylic acids is 4. The number of hydrogen-bond acceptors (Lipinski definition) is 27. The number of hydrogen-bond donors (Lipinski definition) is 26. The van der Waals surface area contributed by atoms with E-state index in [0.717, 1.165) is 4.90 Å². The SMILES string of the molecule is C[C@H](NC(=O)[C@H](CCCCN)NC(=O)[C@@H](N)CCC(N)=O)C(=O)N[C@@H](CCCCN)C(=O)NCC(=O)N[C@@H](CC(N)=O)C(=O)N1CCC[C@H]1C(=O)N[C@@H](CCC(=O)O)C(=O)N[C@@H](CO)C(=O)N[C@@H](CO)C(=O)N[C@@H](Cc1ccccc1)C(=O)N[C@@H](CC(N)=O)C(=O)N[C@@H](CC(=O)O)C(=O)N[C@@H](CCC(=O)O)C(=O)N[C@@H](CC(N)=O)C(=O)O. The molecule has 650 valence electrons. The van der Waals surface area contributed by atoms with Gasteiger partial charge in [0.25, 0.3) is 0 Å². The van der Waals surface area contributed by atoms with Crippen LogP contribution < -0.4 is 109 Å². The number of unbranched alkanes of at least 4 members (excludes halogenated alkanes) is 2. The molecular formula is C68H105N21O28. The van der Waals surface area contributed by atoms with Crippen LogP contribution >= 0.6 is 0 Å². The Labute approximate surface area is 667 Å². The first-order valence-corrected chi connectivity index (χ1v) is 36.7. The third kappa shape index (κ3) is 37.9. The molecule has 1 heterocycles. The highest BCUT2D eigenvalue weighted by Crippen LogP contribution is 2.21. The van der Waals surface area contributed by atoms with Crippen LogP contribution in [-0.4, -0.2) is 290 Å². The lowest BCUT2D eigenvalue weighted by molar-refractivity contribution is -0.144. The summed E-state index contributed by atoms with van der Waals surface area (Å²) in [5.41, 5.74) is 38.5. The lowest BCUT2D eigenvalue weighted by atomic mass is 10.0. The van der Waals surface area contributed by atoms with Crippen molar-refractivity contribution in [3.63, 3.8) is 0 Å². The van der Waals surface area contributed by atoms with Gasteiger partial charge >= 0.3 is 23.9 Å². The predicted molar refractivity (Wildman–Crippen MR) is 398 cm³/mol. The Morgan fingerprint density at radius 3 is 1.29 bits per heavy atom. The molecule has 18 amide bonds. The Bertz CT molecular complexity index is 3730. The molecule has 0 radical (unpaired) electrons. The van der Waals surface area contributed by atoms with E-state index in [0.29, 0.717) is 19.3 Å². The summed E-state index contributed by atoms with van der Waals surface area (Å²) in [5.74, 6) is -28.0. The van der Waals surface area contributed by atoms with Crippen molar-refractivity contribution in [3.8, 4) is 0 Å². The van der Waals surface area contributed by atoms with E-state index in [1.807, 2.05) is 21.3 Å². The maximum Gasteiger partial charge on any atom is 0.326 e. The van der Waals surface area contributed by atoms with Gasteiger partial charge < -0.3 is 145 Å². The molecule has 1 aromatic carbocycles. The quantitative estimate of drug-likeness (QED) is 0.0269. The number of rotatable bonds is 57. The van der Waals surface area contributed by atoms with Crippen molar-refractivity contribution in [2.75, 3.05) is 39.4 Å². The highest BCUT2D eigenvalue weighted by atomic mass is 16.4. The minimum absolute atomic E-state index is 0.0608. The minimum Gasteiger partial charge on any atom is -0.481 e. The molecule has 0 saturated carbocycles. The van der Waals surface area contributed by atoms with Gasteiger partial charge in [-0.25, -0.2) is 4.79 Å². The summed E-state index contributed by atoms with van der Waals surface area (Å²) in [5, 5.41) is 87.6. The number of primary amides is 4. The number of carbonyl (C=O) groups excluding carboxylic acids is 18. The molecule has 33 N–H and O–H groups in total. The van der Waals surface area contributed by atoms with Crippen LogP contribution in [0.4, 0.5) is 0 Å². The third-order valence-electron chi connectivity index (χ3n) is 17.4. The monoisotopic (exact) mass is 1660 g/mol. The number of nitrogens with zero attached hydrogens (tertiary/aromatic N) is 1. The number of aliphatic hydroxyl groups is 2. The zero-order valence-electron chi connectivity index (χ0n) is 63.8. The average Bonchev–Trinajstić information content (AvgIpc) is 1.20. The van der Waals surface area contributed by atoms with Gasteiger partial charge in [0.15, 0.2) is 0 Å². The molecule has 0 unspecified atom stereocenters. The van der Waals surface area contributed by atoms with Crippen LogP contribution in [0.2, 0.25) is 0 Å². The molecule has 1 aliphatic heterocycles. The molecule has 1 saturated heterocycles. The van der Waals surface area contributed by atoms with Gasteiger partial charge in [-0.2, -0.15) is 0 Å². The van der Waals surface area contributed by atoms with E-state index >= 15 is 0 Å². The smallest absolute Gasteiger partial charge is 0.326 e. The summed E-state index contributed by atoms with van der Waals surface area (Å²) in [6.45, 7) is -2.10. The summed E-state index contributed by atoms with van der Waals surface area (Å²) in [7, 11) is 0. The van der Waals surface area contributed by atoms with Crippen molar-refractivity contribution >= 4 is 130 Å². The van der Waals surface area contributed by atoms with Crippen LogP contribution in [0, 0.1) is 0 Å². The number of carboxylic acid groups (broad SMARTS) is 4. The van der Waals surface area contributed by atoms with Gasteiger partial charge in [0, 0.05) is 32.2 Å². The normalized spacial score (nSPS) is 15.5. The van der Waals surface area contributed by atoms with Gasteiger partial charge in [-0.1, -0.05) is 30.3 Å². The lowest BCUT2D eigenvalue weighted by Gasteiger charge is -2.30. The van der Waals surface area contributed by atoms with E-state index in [9.17, 15) is 136 Å². The second kappa shape index (κ2) is 52.0. The molecule has 0 spiro atoms. The van der Waals surface area contributed by atoms with Crippen LogP contribution in [0.25, 0.3) is 0 Å². The van der Waals surface area contributed by atoms with E-state index in [1.54, 1.807) is 6.07 Å². The highest BCUT2D eigenvalue weighted by molar-refractivity contribution is 6.02. The fourth-order valence-electron chi connectivity index (χ4n) is 11.2. The number of likely N-dealkylation sites (tertiary alicyclic amines) is 1. The zero-order chi connectivity index (χ0) is 88.3. The molecule has 1 fully saturated rings. The molecule has 0 bridgehead atoms. The second-order valence-electron chi connectivity index (χ2n) is 26.9. The van der Waals surface area contributed by atoms with Crippen molar-refractivity contribution in [2.24, 2.45) is 40.1 Å². The minimum atomic E-state index is -2.26. The summed E-state index contributed by atoms with van der Waals surface area (Å²) in [6, 6.07) is -17.7. The number of nitrogens with one attached hydrogen (secondary N) is 13. The van der Waals surface area contributed by atoms with E-state index in [4.69, 9.17) is 40.1 Å². The van der Waals surface area contributed by atoms with Gasteiger partial charge in [-0.3, -0.25) is 101 Å². The summed E-state index contributed by atoms with van der Waals surface area (Å²) < 4.78 is 0. The van der Waals surface area contributed by atoms with Crippen LogP contribution in [0.5, 0.6) is 0 Å². The second-order valence-corrected chi connectivity index (χ2v) is 26.9. The average molecular weight is 1660 g/mol. The largest absolute Gasteiger partial charge is 0.481 e. The molecule has 14 atom stereocenters. The standard InChI is InChI=1S/C68H105N21O28/c1-32(77-58(106)36(13-6-8-22-70)80-56(104)34(71)15-18-47(72)92)55(103)79-35(12-5-7-21-69)57(105)76-29-51(96)78-42(26-49(74)94)67(115)89-23-9-14-46(89)66(114)82-38(17-20-53(99)100)60(108)87-45(31-91)65(113)88-44(30-90)64(112)83-39(24-33-10-3-2-4-11-33)61(109)84-40(25-48(73)93)62(110)85-41(28-54(101)102)63(111)81-37(16-19-52(97)98)59(107)86-43(68(116)117)27-50(75)95/h2-4,10-11,32,34-46,90-91H,5-9,12-31,69-71H2,1H3,(H2,72,92)(H2,73,93)(H2,74,94)(H2,75,95)(H,76,105)(H,77,106)(H,78,96)(H,79,103)(H,80,104)(H,81,111)(H,82,114)(H,83,112)(H,84,109)(H,85,110)(H,86,107)(H,87,108)(H,88,113)(H,97,98)(H,99,100)(H,101,102)(H,116,117)/t32-,34-,35-,36-,37-,38-,39-,40-,41-,42-,43-,44-,45-,46-/m0/s1. The number of carboxylic acids is 4. The van der Waals surface area contributed by atoms with E-state index in [-0.39, 0.29) is 70.1 Å². The van der Waals surface area contributed by atoms with Gasteiger partial charge in [0.1, 0.15) is 78.5 Å². The van der Waals surface area contributed by atoms with Crippen molar-refractivity contribution in [1.82, 2.24) is 74.0 Å². The van der Waals surface area contributed by atoms with Gasteiger partial charge in [-0.15, -0.1) is 0 Å². The summed E-state index contributed by atoms with van der Waals surface area (Å²) in [4.78, 5) is 288. The Morgan fingerprint density at radius 1 is 0.410 bits per heavy atom. The molecular weight excluding hydrogens is 1560 g/mol. The van der Waals surface area contributed by atoms with E-state index in [2.05, 4.69) is 47.9 Å². The van der Waals surface area contributed by atoms with Crippen molar-refractivity contribution in [3.05, 3.63) is 35.9 Å². The fourth-order valence-corrected chi connectivity index (χ4v) is 11.2. The molecule has 0 aliphatic carbocycles. The molecule has 117 heavy (non-hydrogen) atoms. The predicted octanol–water partition coefficient (Wildman–Crippen LogP) is -13.1. The highest BCUT2D eigenvalue weighted by Gasteiger charge is 2.42. The van der Waals surface area contributed by atoms with Crippen LogP contribution in [0.15, 0.2) is 30.3 Å². The fraction of sp³-hybridized carbons (Fsp3) is 0.588. The molecule has 49 nitrogen and oxygen atoms in total. The summed E-state index contributed by atoms with van der Waals surface area (Å²) in [6.07, 6.45) is -7.14. The van der Waals surface area contributed by atoms with E-state index in [1.165, 1.54) is 31.2 Å². The maximum atomic E-state index is 14.3. The maximum absolute atomic E-state index is 14.3. The molecule has 2 rings (SSSR count). The third-order valence-corrected chi connectivity index (χ3v) is 17.4. The Kier molecular flexibility index (Phi) is 44.6. The molecule has 1 aromatic rings. The Hall–Kier alpha value is -12.6. The number of benzene rings is 1. The van der Waals surface area contributed by atoms with E-state index < -0.39 is 292 Å². The van der Waals surface area contributed by atoms with Crippen LogP contribution in [0.1, 0.15) is 128 Å². The van der Waals surface area contributed by atoms with Crippen molar-refractivity contribution < 1.29 is 136 Å². The first-order valence-electron chi connectivity index (χ1n) is 36.7. The van der Waals surface area contributed by atoms with Gasteiger partial charge in [0.2, 0.25) is 106 Å². The Morgan fingerprint density at radius 2 is 0.812 bits per heavy atom. The topological polar surface area (TPSA) is 839 Å². The number of nitrogens with two attached hydrogens (primary N) is 7. The zero-order valence-corrected chi connectivity index (χ0v) is 63.8. The number of carbonyl (C=O) groups is 22. The summed E-state index contributed by atoms with van der Waals surface area (Å²) >= 11 is 0. The molecule has 49 heteroatoms. The first kappa shape index (κ1) is 100. The molecule has 1 aliphatic rings. The van der Waals surface area contributed by atoms with Crippen molar-refractivity contribution in [1.29, 1.82) is 0 Å². The van der Waals surface area contributed by atoms with Crippen LogP contribution in [-0.2, 0) is 112 Å². The first-order chi connectivity index (χ1) is 55.0. The lowest BCUT2D eigenvalue weighted by Crippen LogP contribution is -2.62. The van der Waals surface area contributed by atoms with Gasteiger partial charge in [-0.05, 0) is 96.2 Å². The van der Waals surface area contributed by atoms with Crippen LogP contribution in [0.3, 0.4) is 0 Å². The number of amides is 18. The van der Waals surface area contributed by atoms with Gasteiger partial charge in [0.05, 0.1) is 51.5 Å². The number of aliphatic hydroxyl groups excluding tert-OH is 2. The van der Waals surface area contributed by atoms with Crippen molar-refractivity contribution in [2.45, 2.75) is 214 Å². The molecule has 0 aromatic heterocycles.